The average molecular weight is 275 g/mol. The summed E-state index contributed by atoms with van der Waals surface area (Å²) in [6, 6.07) is 2.91. The van der Waals surface area contributed by atoms with E-state index < -0.39 is 4.92 Å². The number of benzene rings is 1. The number of nitro benzene ring substituents is 1. The molecule has 1 aliphatic rings. The fourth-order valence-corrected chi connectivity index (χ4v) is 2.72. The van der Waals surface area contributed by atoms with Gasteiger partial charge >= 0.3 is 0 Å². The van der Waals surface area contributed by atoms with Gasteiger partial charge in [0.2, 0.25) is 0 Å². The van der Waals surface area contributed by atoms with Crippen molar-refractivity contribution in [2.24, 2.45) is 0 Å². The highest BCUT2D eigenvalue weighted by molar-refractivity contribution is 6.37. The molecule has 0 amide bonds. The molecule has 0 bridgehead atoms. The van der Waals surface area contributed by atoms with Crippen LogP contribution in [-0.4, -0.2) is 18.0 Å². The van der Waals surface area contributed by atoms with Crippen LogP contribution in [0.1, 0.15) is 19.3 Å². The molecular weight excluding hydrogens is 263 g/mol. The largest absolute Gasteiger partial charge is 0.365 e. The monoisotopic (exact) mass is 274 g/mol. The van der Waals surface area contributed by atoms with Gasteiger partial charge in [0.05, 0.1) is 9.95 Å². The second-order valence-corrected chi connectivity index (χ2v) is 4.90. The predicted octanol–water partition coefficient (Wildman–Crippen LogP) is 3.89. The molecule has 1 fully saturated rings. The molecule has 0 aromatic heterocycles. The van der Waals surface area contributed by atoms with Gasteiger partial charge in [-0.2, -0.15) is 0 Å². The average Bonchev–Trinajstić information content (AvgIpc) is 2.29. The minimum absolute atomic E-state index is 0.00981. The summed E-state index contributed by atoms with van der Waals surface area (Å²) in [6.45, 7) is 1.62. The Kier molecular flexibility index (Phi) is 3.74. The quantitative estimate of drug-likeness (QED) is 0.607. The van der Waals surface area contributed by atoms with Gasteiger partial charge in [-0.15, -0.1) is 0 Å². The van der Waals surface area contributed by atoms with Gasteiger partial charge in [0.15, 0.2) is 0 Å². The molecule has 1 aromatic rings. The number of nitro groups is 1. The van der Waals surface area contributed by atoms with Crippen molar-refractivity contribution in [3.05, 3.63) is 32.3 Å². The molecule has 1 aliphatic heterocycles. The maximum absolute atomic E-state index is 11.0. The lowest BCUT2D eigenvalue weighted by atomic mass is 10.1. The van der Waals surface area contributed by atoms with Crippen molar-refractivity contribution in [1.29, 1.82) is 0 Å². The Morgan fingerprint density at radius 1 is 1.18 bits per heavy atom. The van der Waals surface area contributed by atoms with Crippen LogP contribution >= 0.6 is 23.2 Å². The number of hydrogen-bond donors (Lipinski definition) is 0. The summed E-state index contributed by atoms with van der Waals surface area (Å²) in [5, 5.41) is 11.7. The topological polar surface area (TPSA) is 46.4 Å². The zero-order valence-electron chi connectivity index (χ0n) is 9.16. The summed E-state index contributed by atoms with van der Waals surface area (Å²) in [4.78, 5) is 12.6. The van der Waals surface area contributed by atoms with Gasteiger partial charge in [0.1, 0.15) is 5.69 Å². The lowest BCUT2D eigenvalue weighted by Gasteiger charge is -2.29. The fourth-order valence-electron chi connectivity index (χ4n) is 2.12. The smallest absolute Gasteiger partial charge is 0.295 e. The maximum atomic E-state index is 11.0. The Bertz CT molecular complexity index is 445. The molecule has 0 saturated carbocycles. The van der Waals surface area contributed by atoms with Crippen molar-refractivity contribution >= 4 is 34.6 Å². The molecule has 1 heterocycles. The van der Waals surface area contributed by atoms with Crippen molar-refractivity contribution in [2.45, 2.75) is 19.3 Å². The summed E-state index contributed by atoms with van der Waals surface area (Å²) >= 11 is 11.9. The van der Waals surface area contributed by atoms with Crippen molar-refractivity contribution in [1.82, 2.24) is 0 Å². The van der Waals surface area contributed by atoms with E-state index in [1.54, 1.807) is 6.07 Å². The molecule has 17 heavy (non-hydrogen) atoms. The van der Waals surface area contributed by atoms with Crippen molar-refractivity contribution in [3.8, 4) is 0 Å². The number of halogens is 2. The molecule has 0 unspecified atom stereocenters. The molecule has 2 rings (SSSR count). The Balaban J connectivity index is 2.46. The molecule has 1 saturated heterocycles. The minimum Gasteiger partial charge on any atom is -0.365 e. The third-order valence-electron chi connectivity index (χ3n) is 2.88. The second-order valence-electron chi connectivity index (χ2n) is 4.06. The highest BCUT2D eigenvalue weighted by Gasteiger charge is 2.24. The van der Waals surface area contributed by atoms with Gasteiger partial charge in [0, 0.05) is 24.2 Å². The molecule has 92 valence electrons. The minimum atomic E-state index is -0.429. The van der Waals surface area contributed by atoms with E-state index >= 15 is 0 Å². The summed E-state index contributed by atoms with van der Waals surface area (Å²) < 4.78 is 0. The third kappa shape index (κ3) is 2.64. The molecule has 0 aliphatic carbocycles. The number of hydrogen-bond acceptors (Lipinski definition) is 3. The molecule has 0 N–H and O–H groups in total. The lowest BCUT2D eigenvalue weighted by Crippen LogP contribution is -2.30. The Morgan fingerprint density at radius 3 is 2.41 bits per heavy atom. The van der Waals surface area contributed by atoms with Crippen LogP contribution in [0.4, 0.5) is 11.4 Å². The van der Waals surface area contributed by atoms with E-state index in [-0.39, 0.29) is 5.69 Å². The van der Waals surface area contributed by atoms with Crippen LogP contribution in [0.15, 0.2) is 12.1 Å². The van der Waals surface area contributed by atoms with Crippen LogP contribution in [0.3, 0.4) is 0 Å². The molecule has 6 heteroatoms. The van der Waals surface area contributed by atoms with Crippen LogP contribution in [0.25, 0.3) is 0 Å². The van der Waals surface area contributed by atoms with Gasteiger partial charge in [-0.1, -0.05) is 23.2 Å². The zero-order chi connectivity index (χ0) is 12.4. The Morgan fingerprint density at radius 2 is 1.82 bits per heavy atom. The number of piperidine rings is 1. The standard InChI is InChI=1S/C11H12Cl2N2O2/c12-8-6-9(13)11(10(7-8)15(16)17)14-4-2-1-3-5-14/h6-7H,1-5H2. The highest BCUT2D eigenvalue weighted by Crippen LogP contribution is 2.39. The normalized spacial score (nSPS) is 16.0. The second kappa shape index (κ2) is 5.10. The third-order valence-corrected chi connectivity index (χ3v) is 3.38. The zero-order valence-corrected chi connectivity index (χ0v) is 10.7. The van der Waals surface area contributed by atoms with Gasteiger partial charge in [-0.25, -0.2) is 0 Å². The van der Waals surface area contributed by atoms with Crippen LogP contribution in [0.2, 0.25) is 10.0 Å². The summed E-state index contributed by atoms with van der Waals surface area (Å²) in [7, 11) is 0. The predicted molar refractivity (Wildman–Crippen MR) is 69.2 cm³/mol. The van der Waals surface area contributed by atoms with Crippen molar-refractivity contribution in [2.75, 3.05) is 18.0 Å². The first-order chi connectivity index (χ1) is 8.09. The van der Waals surface area contributed by atoms with Crippen LogP contribution in [0.5, 0.6) is 0 Å². The van der Waals surface area contributed by atoms with E-state index in [0.717, 1.165) is 32.4 Å². The molecule has 0 atom stereocenters. The Hall–Kier alpha value is -1.00. The summed E-state index contributed by atoms with van der Waals surface area (Å²) in [6.07, 6.45) is 3.24. The molecule has 4 nitrogen and oxygen atoms in total. The van der Waals surface area contributed by atoms with Gasteiger partial charge in [-0.3, -0.25) is 10.1 Å². The van der Waals surface area contributed by atoms with Gasteiger partial charge in [0.25, 0.3) is 5.69 Å². The summed E-state index contributed by atoms with van der Waals surface area (Å²) in [5.41, 5.74) is 0.491. The first kappa shape index (κ1) is 12.5. The summed E-state index contributed by atoms with van der Waals surface area (Å²) in [5.74, 6) is 0. The van der Waals surface area contributed by atoms with Crippen LogP contribution in [-0.2, 0) is 0 Å². The number of nitrogens with zero attached hydrogens (tertiary/aromatic N) is 2. The molecule has 0 spiro atoms. The van der Waals surface area contributed by atoms with E-state index in [0.29, 0.717) is 15.7 Å². The maximum Gasteiger partial charge on any atom is 0.295 e. The van der Waals surface area contributed by atoms with E-state index in [9.17, 15) is 10.1 Å². The molecule has 0 radical (unpaired) electrons. The first-order valence-electron chi connectivity index (χ1n) is 5.48. The molecular formula is C11H12Cl2N2O2. The first-order valence-corrected chi connectivity index (χ1v) is 6.23. The number of anilines is 1. The van der Waals surface area contributed by atoms with E-state index in [2.05, 4.69) is 0 Å². The van der Waals surface area contributed by atoms with E-state index in [1.165, 1.54) is 6.07 Å². The van der Waals surface area contributed by atoms with E-state index in [4.69, 9.17) is 23.2 Å². The van der Waals surface area contributed by atoms with Crippen molar-refractivity contribution < 1.29 is 4.92 Å². The van der Waals surface area contributed by atoms with Crippen LogP contribution < -0.4 is 4.90 Å². The van der Waals surface area contributed by atoms with E-state index in [1.807, 2.05) is 4.90 Å². The molecule has 1 aromatic carbocycles. The highest BCUT2D eigenvalue weighted by atomic mass is 35.5. The van der Waals surface area contributed by atoms with Crippen molar-refractivity contribution in [3.63, 3.8) is 0 Å². The lowest BCUT2D eigenvalue weighted by molar-refractivity contribution is -0.384. The number of rotatable bonds is 2. The van der Waals surface area contributed by atoms with Gasteiger partial charge in [-0.05, 0) is 25.3 Å². The fraction of sp³-hybridized carbons (Fsp3) is 0.455. The van der Waals surface area contributed by atoms with Gasteiger partial charge < -0.3 is 4.90 Å². The van der Waals surface area contributed by atoms with Crippen LogP contribution in [0, 0.1) is 10.1 Å². The SMILES string of the molecule is O=[N+]([O-])c1cc(Cl)cc(Cl)c1N1CCCCC1. The Labute approximate surface area is 109 Å².